The van der Waals surface area contributed by atoms with E-state index in [2.05, 4.69) is 4.98 Å². The van der Waals surface area contributed by atoms with E-state index in [4.69, 9.17) is 21.4 Å². The molecule has 0 aliphatic heterocycles. The number of aliphatic hydroxyl groups is 1. The highest BCUT2D eigenvalue weighted by Crippen LogP contribution is 2.25. The first-order chi connectivity index (χ1) is 8.58. The number of pyridine rings is 1. The molecule has 0 saturated heterocycles. The van der Waals surface area contributed by atoms with Crippen molar-refractivity contribution in [3.8, 4) is 11.6 Å². The number of benzene rings is 1. The highest BCUT2D eigenvalue weighted by molar-refractivity contribution is 6.31. The van der Waals surface area contributed by atoms with Crippen molar-refractivity contribution >= 4 is 11.6 Å². The fourth-order valence-corrected chi connectivity index (χ4v) is 1.51. The van der Waals surface area contributed by atoms with Gasteiger partial charge in [-0.05, 0) is 0 Å². The first-order valence-corrected chi connectivity index (χ1v) is 5.35. The first kappa shape index (κ1) is 12.7. The van der Waals surface area contributed by atoms with E-state index < -0.39 is 11.6 Å². The van der Waals surface area contributed by atoms with Crippen LogP contribution in [0.25, 0.3) is 0 Å². The van der Waals surface area contributed by atoms with Gasteiger partial charge in [-0.25, -0.2) is 13.8 Å². The molecule has 0 saturated carbocycles. The summed E-state index contributed by atoms with van der Waals surface area (Å²) in [7, 11) is 0. The molecule has 0 aliphatic rings. The predicted molar refractivity (Wildman–Crippen MR) is 61.6 cm³/mol. The topological polar surface area (TPSA) is 42.4 Å². The number of halogens is 3. The Balaban J connectivity index is 2.28. The van der Waals surface area contributed by atoms with Gasteiger partial charge in [0, 0.05) is 36.0 Å². The van der Waals surface area contributed by atoms with E-state index in [9.17, 15) is 8.78 Å². The van der Waals surface area contributed by atoms with Crippen molar-refractivity contribution in [2.45, 2.75) is 6.61 Å². The van der Waals surface area contributed by atoms with E-state index in [1.54, 1.807) is 0 Å². The number of ether oxygens (including phenoxy) is 1. The fourth-order valence-electron chi connectivity index (χ4n) is 1.34. The van der Waals surface area contributed by atoms with E-state index in [0.29, 0.717) is 5.56 Å². The van der Waals surface area contributed by atoms with Crippen molar-refractivity contribution in [2.24, 2.45) is 0 Å². The van der Waals surface area contributed by atoms with Crippen LogP contribution in [-0.2, 0) is 6.61 Å². The number of nitrogens with zero attached hydrogens (tertiary/aromatic N) is 1. The Kier molecular flexibility index (Phi) is 3.74. The third kappa shape index (κ3) is 2.94. The lowest BCUT2D eigenvalue weighted by molar-refractivity contribution is 0.281. The summed E-state index contributed by atoms with van der Waals surface area (Å²) in [6.45, 7) is -0.283. The highest BCUT2D eigenvalue weighted by atomic mass is 35.5. The van der Waals surface area contributed by atoms with Gasteiger partial charge in [-0.2, -0.15) is 0 Å². The molecule has 0 atom stereocenters. The summed E-state index contributed by atoms with van der Waals surface area (Å²) >= 11 is 5.75. The Morgan fingerprint density at radius 1 is 1.17 bits per heavy atom. The number of rotatable bonds is 3. The van der Waals surface area contributed by atoms with Gasteiger partial charge in [-0.3, -0.25) is 0 Å². The van der Waals surface area contributed by atoms with E-state index in [1.165, 1.54) is 12.3 Å². The van der Waals surface area contributed by atoms with E-state index in [-0.39, 0.29) is 23.3 Å². The summed E-state index contributed by atoms with van der Waals surface area (Å²) in [5, 5.41) is 9.30. The Hall–Kier alpha value is -1.72. The quantitative estimate of drug-likeness (QED) is 0.931. The molecule has 18 heavy (non-hydrogen) atoms. The molecule has 94 valence electrons. The third-order valence-electron chi connectivity index (χ3n) is 2.14. The molecule has 0 unspecified atom stereocenters. The maximum absolute atomic E-state index is 12.9. The van der Waals surface area contributed by atoms with Gasteiger partial charge in [-0.15, -0.1) is 0 Å². The third-order valence-corrected chi connectivity index (χ3v) is 2.48. The second kappa shape index (κ2) is 5.29. The number of aliphatic hydroxyl groups excluding tert-OH is 1. The molecule has 1 aromatic heterocycles. The van der Waals surface area contributed by atoms with Gasteiger partial charge in [0.15, 0.2) is 0 Å². The molecule has 0 fully saturated rings. The first-order valence-electron chi connectivity index (χ1n) is 4.97. The second-order valence-electron chi connectivity index (χ2n) is 3.48. The van der Waals surface area contributed by atoms with Crippen LogP contribution in [0, 0.1) is 11.6 Å². The van der Waals surface area contributed by atoms with Crippen LogP contribution in [0.15, 0.2) is 30.5 Å². The largest absolute Gasteiger partial charge is 0.439 e. The maximum atomic E-state index is 12.9. The van der Waals surface area contributed by atoms with Crippen LogP contribution in [-0.4, -0.2) is 10.1 Å². The van der Waals surface area contributed by atoms with Crippen molar-refractivity contribution in [1.29, 1.82) is 0 Å². The molecule has 0 amide bonds. The molecular weight excluding hydrogens is 264 g/mol. The van der Waals surface area contributed by atoms with Crippen LogP contribution in [0.4, 0.5) is 8.78 Å². The number of hydrogen-bond acceptors (Lipinski definition) is 3. The SMILES string of the molecule is OCc1cc(Oc2cc(F)cc(F)c2)ncc1Cl. The summed E-state index contributed by atoms with van der Waals surface area (Å²) < 4.78 is 31.1. The second-order valence-corrected chi connectivity index (χ2v) is 3.89. The molecule has 2 rings (SSSR count). The maximum Gasteiger partial charge on any atom is 0.219 e. The molecule has 3 nitrogen and oxygen atoms in total. The lowest BCUT2D eigenvalue weighted by Gasteiger charge is -2.07. The zero-order chi connectivity index (χ0) is 13.1. The Morgan fingerprint density at radius 3 is 2.44 bits per heavy atom. The summed E-state index contributed by atoms with van der Waals surface area (Å²) in [6, 6.07) is 4.18. The van der Waals surface area contributed by atoms with E-state index in [0.717, 1.165) is 18.2 Å². The zero-order valence-corrected chi connectivity index (χ0v) is 9.79. The van der Waals surface area contributed by atoms with Gasteiger partial charge in [-0.1, -0.05) is 11.6 Å². The Morgan fingerprint density at radius 2 is 1.83 bits per heavy atom. The van der Waals surface area contributed by atoms with E-state index in [1.807, 2.05) is 0 Å². The number of hydrogen-bond donors (Lipinski definition) is 1. The summed E-state index contributed by atoms with van der Waals surface area (Å²) in [6.07, 6.45) is 1.29. The molecule has 1 aromatic carbocycles. The van der Waals surface area contributed by atoms with Crippen molar-refractivity contribution < 1.29 is 18.6 Å². The lowest BCUT2D eigenvalue weighted by Crippen LogP contribution is -1.93. The predicted octanol–water partition coefficient (Wildman–Crippen LogP) is 3.30. The van der Waals surface area contributed by atoms with Gasteiger partial charge < -0.3 is 9.84 Å². The van der Waals surface area contributed by atoms with Gasteiger partial charge in [0.05, 0.1) is 11.6 Å². The van der Waals surface area contributed by atoms with Gasteiger partial charge in [0.2, 0.25) is 5.88 Å². The Bertz CT molecular complexity index is 558. The van der Waals surface area contributed by atoms with E-state index >= 15 is 0 Å². The average Bonchev–Trinajstić information content (AvgIpc) is 2.30. The van der Waals surface area contributed by atoms with Crippen molar-refractivity contribution in [2.75, 3.05) is 0 Å². The molecule has 0 bridgehead atoms. The monoisotopic (exact) mass is 271 g/mol. The zero-order valence-electron chi connectivity index (χ0n) is 9.03. The minimum absolute atomic E-state index is 0.0220. The highest BCUT2D eigenvalue weighted by Gasteiger charge is 2.06. The van der Waals surface area contributed by atoms with Crippen LogP contribution < -0.4 is 4.74 Å². The molecule has 6 heteroatoms. The molecule has 0 aliphatic carbocycles. The molecule has 2 aromatic rings. The molecule has 1 N–H and O–H groups in total. The standard InChI is InChI=1S/C12H8ClF2NO2/c13-11-5-16-12(1-7(11)6-17)18-10-3-8(14)2-9(15)4-10/h1-5,17H,6H2. The van der Waals surface area contributed by atoms with Crippen LogP contribution in [0.1, 0.15) is 5.56 Å². The van der Waals surface area contributed by atoms with Gasteiger partial charge in [0.25, 0.3) is 0 Å². The van der Waals surface area contributed by atoms with Gasteiger partial charge in [0.1, 0.15) is 17.4 Å². The Labute approximate surface area is 107 Å². The van der Waals surface area contributed by atoms with Gasteiger partial charge >= 0.3 is 0 Å². The molecule has 0 spiro atoms. The summed E-state index contributed by atoms with van der Waals surface area (Å²) in [4.78, 5) is 3.83. The minimum atomic E-state index is -0.749. The van der Waals surface area contributed by atoms with Crippen molar-refractivity contribution in [1.82, 2.24) is 4.98 Å². The summed E-state index contributed by atoms with van der Waals surface area (Å²) in [5.41, 5.74) is 0.415. The average molecular weight is 272 g/mol. The molecule has 0 radical (unpaired) electrons. The van der Waals surface area contributed by atoms with Crippen LogP contribution >= 0.6 is 11.6 Å². The lowest BCUT2D eigenvalue weighted by atomic mass is 10.3. The number of aromatic nitrogens is 1. The van der Waals surface area contributed by atoms with Crippen LogP contribution in [0.3, 0.4) is 0 Å². The van der Waals surface area contributed by atoms with Crippen molar-refractivity contribution in [3.63, 3.8) is 0 Å². The summed E-state index contributed by atoms with van der Waals surface area (Å²) in [5.74, 6) is -1.43. The smallest absolute Gasteiger partial charge is 0.219 e. The molecular formula is C12H8ClF2NO2. The van der Waals surface area contributed by atoms with Crippen LogP contribution in [0.2, 0.25) is 5.02 Å². The molecule has 1 heterocycles. The fraction of sp³-hybridized carbons (Fsp3) is 0.0833. The minimum Gasteiger partial charge on any atom is -0.439 e. The van der Waals surface area contributed by atoms with Crippen molar-refractivity contribution in [3.05, 3.63) is 52.7 Å². The normalized spacial score (nSPS) is 10.4. The van der Waals surface area contributed by atoms with Crippen LogP contribution in [0.5, 0.6) is 11.6 Å².